The van der Waals surface area contributed by atoms with Crippen molar-refractivity contribution in [1.29, 1.82) is 5.26 Å². The van der Waals surface area contributed by atoms with Crippen molar-refractivity contribution >= 4 is 17.6 Å². The van der Waals surface area contributed by atoms with Gasteiger partial charge in [0.2, 0.25) is 0 Å². The average Bonchev–Trinajstić information content (AvgIpc) is 2.39. The largest absolute Gasteiger partial charge is 0.383 e. The zero-order valence-electron chi connectivity index (χ0n) is 7.27. The van der Waals surface area contributed by atoms with E-state index in [1.165, 1.54) is 0 Å². The van der Waals surface area contributed by atoms with E-state index in [0.717, 1.165) is 27.9 Å². The Morgan fingerprint density at radius 2 is 2.07 bits per heavy atom. The molecule has 0 amide bonds. The smallest absolute Gasteiger partial charge is 0.139 e. The number of aromatic nitrogens is 1. The van der Waals surface area contributed by atoms with E-state index in [2.05, 4.69) is 4.98 Å². The minimum atomic E-state index is 0.428. The Labute approximate surface area is 85.9 Å². The Balaban J connectivity index is 2.66. The van der Waals surface area contributed by atoms with Gasteiger partial charge in [0.05, 0.1) is 10.6 Å². The second kappa shape index (κ2) is 3.56. The molecular weight excluding hydrogens is 194 g/mol. The summed E-state index contributed by atoms with van der Waals surface area (Å²) in [7, 11) is 0. The lowest BCUT2D eigenvalue weighted by molar-refractivity contribution is 1.39. The lowest BCUT2D eigenvalue weighted by Gasteiger charge is -1.92. The van der Waals surface area contributed by atoms with Crippen molar-refractivity contribution in [2.24, 2.45) is 0 Å². The van der Waals surface area contributed by atoms with Crippen LogP contribution in [0.2, 0.25) is 0 Å². The van der Waals surface area contributed by atoms with Crippen molar-refractivity contribution in [1.82, 2.24) is 4.98 Å². The minimum Gasteiger partial charge on any atom is -0.383 e. The molecule has 2 aliphatic rings. The highest BCUT2D eigenvalue weighted by molar-refractivity contribution is 8.04. The van der Waals surface area contributed by atoms with E-state index in [1.807, 2.05) is 35.7 Å². The van der Waals surface area contributed by atoms with Crippen molar-refractivity contribution in [3.05, 3.63) is 30.3 Å². The first-order chi connectivity index (χ1) is 6.83. The molecule has 1 heterocycles. The van der Waals surface area contributed by atoms with Gasteiger partial charge in [0, 0.05) is 5.56 Å². The lowest BCUT2D eigenvalue weighted by Crippen LogP contribution is -1.84. The van der Waals surface area contributed by atoms with Crippen LogP contribution < -0.4 is 5.73 Å². The molecule has 0 radical (unpaired) electrons. The van der Waals surface area contributed by atoms with E-state index in [9.17, 15) is 0 Å². The van der Waals surface area contributed by atoms with Gasteiger partial charge in [0.1, 0.15) is 11.2 Å². The number of nitrogen functional groups attached to an aromatic ring is 1. The summed E-state index contributed by atoms with van der Waals surface area (Å²) in [6.07, 6.45) is 0. The monoisotopic (exact) mass is 201 g/mol. The standard InChI is InChI=1S/C10H7N3S/c11-6-14-9-7-4-2-1-3-5-8(7)13-10(9)12/h1-5H,(H2,12,13). The summed E-state index contributed by atoms with van der Waals surface area (Å²) in [5.74, 6) is 0.428. The normalized spacial score (nSPS) is 9.93. The van der Waals surface area contributed by atoms with Crippen LogP contribution in [0.4, 0.5) is 5.82 Å². The summed E-state index contributed by atoms with van der Waals surface area (Å²) in [5.41, 5.74) is 7.45. The maximum atomic E-state index is 8.61. The first-order valence-electron chi connectivity index (χ1n) is 4.03. The summed E-state index contributed by atoms with van der Waals surface area (Å²) >= 11 is 1.05. The molecule has 0 unspecified atom stereocenters. The van der Waals surface area contributed by atoms with Gasteiger partial charge >= 0.3 is 0 Å². The van der Waals surface area contributed by atoms with Gasteiger partial charge in [-0.3, -0.25) is 0 Å². The van der Waals surface area contributed by atoms with Gasteiger partial charge in [-0.25, -0.2) is 4.98 Å². The third kappa shape index (κ3) is 1.38. The molecule has 1 aliphatic carbocycles. The fourth-order valence-electron chi connectivity index (χ4n) is 1.30. The van der Waals surface area contributed by atoms with Crippen LogP contribution in [0.5, 0.6) is 0 Å². The Bertz CT molecular complexity index is 476. The van der Waals surface area contributed by atoms with Crippen molar-refractivity contribution in [3.8, 4) is 16.7 Å². The molecule has 0 spiro atoms. The van der Waals surface area contributed by atoms with Crippen LogP contribution in [0.1, 0.15) is 0 Å². The molecule has 0 saturated carbocycles. The number of thioether (sulfide) groups is 1. The zero-order chi connectivity index (χ0) is 9.97. The van der Waals surface area contributed by atoms with E-state index >= 15 is 0 Å². The third-order valence-electron chi connectivity index (χ3n) is 1.88. The van der Waals surface area contributed by atoms with Crippen molar-refractivity contribution < 1.29 is 0 Å². The van der Waals surface area contributed by atoms with E-state index in [4.69, 9.17) is 11.0 Å². The molecule has 0 saturated heterocycles. The first-order valence-corrected chi connectivity index (χ1v) is 4.84. The summed E-state index contributed by atoms with van der Waals surface area (Å²) < 4.78 is 0. The van der Waals surface area contributed by atoms with Crippen LogP contribution in [-0.4, -0.2) is 4.98 Å². The van der Waals surface area contributed by atoms with Gasteiger partial charge in [-0.1, -0.05) is 24.3 Å². The van der Waals surface area contributed by atoms with Crippen LogP contribution in [0.15, 0.2) is 35.2 Å². The maximum absolute atomic E-state index is 8.61. The van der Waals surface area contributed by atoms with E-state index < -0.39 is 0 Å². The number of nitrogens with two attached hydrogens (primary N) is 1. The predicted molar refractivity (Wildman–Crippen MR) is 56.7 cm³/mol. The molecule has 68 valence electrons. The summed E-state index contributed by atoms with van der Waals surface area (Å²) in [6, 6.07) is 9.52. The van der Waals surface area contributed by atoms with E-state index in [-0.39, 0.29) is 0 Å². The fraction of sp³-hybridized carbons (Fsp3) is 0. The van der Waals surface area contributed by atoms with Gasteiger partial charge in [-0.05, 0) is 17.8 Å². The fourth-order valence-corrected chi connectivity index (χ4v) is 1.82. The maximum Gasteiger partial charge on any atom is 0.139 e. The molecular formula is C10H7N3S. The number of fused-ring (bicyclic) bond motifs is 1. The van der Waals surface area contributed by atoms with Crippen molar-refractivity contribution in [2.75, 3.05) is 5.73 Å². The highest BCUT2D eigenvalue weighted by Gasteiger charge is 2.14. The van der Waals surface area contributed by atoms with E-state index in [1.54, 1.807) is 0 Å². The molecule has 0 atom stereocenters. The Hall–Kier alpha value is -1.73. The topological polar surface area (TPSA) is 62.7 Å². The lowest BCUT2D eigenvalue weighted by atomic mass is 10.2. The number of thiocyanates is 1. The minimum absolute atomic E-state index is 0.428. The molecule has 0 aromatic heterocycles. The second-order valence-electron chi connectivity index (χ2n) is 2.73. The SMILES string of the molecule is N#CSc1c2cccccc-2nc1N. The molecule has 2 N–H and O–H groups in total. The Kier molecular flexibility index (Phi) is 2.25. The van der Waals surface area contributed by atoms with Gasteiger partial charge in [-0.2, -0.15) is 5.26 Å². The number of anilines is 1. The van der Waals surface area contributed by atoms with Crippen molar-refractivity contribution in [3.63, 3.8) is 0 Å². The second-order valence-corrected chi connectivity index (χ2v) is 3.52. The zero-order valence-corrected chi connectivity index (χ0v) is 8.08. The van der Waals surface area contributed by atoms with Crippen molar-refractivity contribution in [2.45, 2.75) is 4.90 Å². The number of hydrogen-bond donors (Lipinski definition) is 1. The Morgan fingerprint density at radius 3 is 2.86 bits per heavy atom. The number of nitrogens with zero attached hydrogens (tertiary/aromatic N) is 2. The van der Waals surface area contributed by atoms with Gasteiger partial charge < -0.3 is 5.73 Å². The molecule has 14 heavy (non-hydrogen) atoms. The average molecular weight is 201 g/mol. The molecule has 2 rings (SSSR count). The molecule has 3 nitrogen and oxygen atoms in total. The highest BCUT2D eigenvalue weighted by atomic mass is 32.2. The number of hydrogen-bond acceptors (Lipinski definition) is 4. The predicted octanol–water partition coefficient (Wildman–Crippen LogP) is 2.34. The third-order valence-corrected chi connectivity index (χ3v) is 2.61. The number of nitriles is 1. The van der Waals surface area contributed by atoms with Crippen LogP contribution in [0, 0.1) is 10.7 Å². The summed E-state index contributed by atoms with van der Waals surface area (Å²) in [5, 5.41) is 10.6. The Morgan fingerprint density at radius 1 is 1.29 bits per heavy atom. The summed E-state index contributed by atoms with van der Waals surface area (Å²) in [4.78, 5) is 4.93. The van der Waals surface area contributed by atoms with Crippen LogP contribution >= 0.6 is 11.8 Å². The highest BCUT2D eigenvalue weighted by Crippen LogP contribution is 2.36. The van der Waals surface area contributed by atoms with Crippen LogP contribution in [0.25, 0.3) is 11.3 Å². The number of rotatable bonds is 1. The van der Waals surface area contributed by atoms with Crippen LogP contribution in [0.3, 0.4) is 0 Å². The summed E-state index contributed by atoms with van der Waals surface area (Å²) in [6.45, 7) is 0. The molecule has 1 aliphatic heterocycles. The molecule has 4 heteroatoms. The molecule has 0 fully saturated rings. The molecule has 0 aromatic carbocycles. The van der Waals surface area contributed by atoms with Gasteiger partial charge in [0.25, 0.3) is 0 Å². The van der Waals surface area contributed by atoms with Gasteiger partial charge in [0.15, 0.2) is 0 Å². The van der Waals surface area contributed by atoms with E-state index in [0.29, 0.717) is 5.82 Å². The molecule has 0 aromatic rings. The van der Waals surface area contributed by atoms with Gasteiger partial charge in [-0.15, -0.1) is 0 Å². The van der Waals surface area contributed by atoms with Crippen LogP contribution in [-0.2, 0) is 0 Å². The first kappa shape index (κ1) is 8.85. The molecule has 0 bridgehead atoms. The quantitative estimate of drug-likeness (QED) is 0.568.